The molecule has 1 aliphatic rings. The number of amides is 2. The predicted octanol–water partition coefficient (Wildman–Crippen LogP) is 4.42. The first-order chi connectivity index (χ1) is 13.0. The molecular formula is C21H23IN2O3. The summed E-state index contributed by atoms with van der Waals surface area (Å²) in [7, 11) is 1.60. The van der Waals surface area contributed by atoms with Crippen molar-refractivity contribution in [2.45, 2.75) is 19.8 Å². The number of nitrogens with zero attached hydrogens (tertiary/aromatic N) is 1. The molecule has 0 bridgehead atoms. The van der Waals surface area contributed by atoms with Crippen molar-refractivity contribution < 1.29 is 14.3 Å². The van der Waals surface area contributed by atoms with Crippen molar-refractivity contribution in [2.75, 3.05) is 25.5 Å². The fourth-order valence-corrected chi connectivity index (χ4v) is 3.84. The number of methoxy groups -OCH3 is 1. The van der Waals surface area contributed by atoms with Crippen LogP contribution in [-0.4, -0.2) is 36.9 Å². The van der Waals surface area contributed by atoms with Gasteiger partial charge in [0, 0.05) is 29.9 Å². The average Bonchev–Trinajstić information content (AvgIpc) is 2.68. The van der Waals surface area contributed by atoms with Gasteiger partial charge >= 0.3 is 0 Å². The molecule has 0 unspecified atom stereocenters. The SMILES string of the molecule is COc1ccc(C(=O)Nc2ccc(C(=O)N3CCC(C)CC3)cc2)cc1I. The van der Waals surface area contributed by atoms with Crippen LogP contribution in [0.2, 0.25) is 0 Å². The second-order valence-corrected chi connectivity index (χ2v) is 8.02. The monoisotopic (exact) mass is 478 g/mol. The van der Waals surface area contributed by atoms with Crippen molar-refractivity contribution in [3.8, 4) is 5.75 Å². The molecule has 5 nitrogen and oxygen atoms in total. The number of nitrogens with one attached hydrogen (secondary N) is 1. The van der Waals surface area contributed by atoms with Crippen LogP contribution in [-0.2, 0) is 0 Å². The van der Waals surface area contributed by atoms with Crippen molar-refractivity contribution in [3.05, 3.63) is 57.2 Å². The number of hydrogen-bond acceptors (Lipinski definition) is 3. The van der Waals surface area contributed by atoms with E-state index in [9.17, 15) is 9.59 Å². The number of likely N-dealkylation sites (tertiary alicyclic amines) is 1. The van der Waals surface area contributed by atoms with Crippen LogP contribution in [0.15, 0.2) is 42.5 Å². The number of rotatable bonds is 4. The number of carbonyl (C=O) groups is 2. The summed E-state index contributed by atoms with van der Waals surface area (Å²) in [5, 5.41) is 2.87. The van der Waals surface area contributed by atoms with Crippen LogP contribution >= 0.6 is 22.6 Å². The summed E-state index contributed by atoms with van der Waals surface area (Å²) < 4.78 is 6.09. The molecule has 0 saturated carbocycles. The summed E-state index contributed by atoms with van der Waals surface area (Å²) in [5.41, 5.74) is 1.87. The van der Waals surface area contributed by atoms with Crippen LogP contribution < -0.4 is 10.1 Å². The van der Waals surface area contributed by atoms with Gasteiger partial charge < -0.3 is 15.0 Å². The van der Waals surface area contributed by atoms with E-state index in [1.165, 1.54) is 0 Å². The molecule has 2 aromatic carbocycles. The molecule has 0 aromatic heterocycles. The molecular weight excluding hydrogens is 455 g/mol. The first-order valence-electron chi connectivity index (χ1n) is 9.02. The van der Waals surface area contributed by atoms with Crippen LogP contribution in [0.1, 0.15) is 40.5 Å². The molecule has 0 radical (unpaired) electrons. The van der Waals surface area contributed by atoms with E-state index in [1.54, 1.807) is 49.6 Å². The highest BCUT2D eigenvalue weighted by atomic mass is 127. The van der Waals surface area contributed by atoms with Gasteiger partial charge in [-0.25, -0.2) is 0 Å². The Morgan fingerprint density at radius 3 is 2.30 bits per heavy atom. The minimum Gasteiger partial charge on any atom is -0.496 e. The van der Waals surface area contributed by atoms with Gasteiger partial charge in [-0.05, 0) is 83.8 Å². The van der Waals surface area contributed by atoms with Gasteiger partial charge in [-0.15, -0.1) is 0 Å². The molecule has 1 aliphatic heterocycles. The van der Waals surface area contributed by atoms with E-state index in [4.69, 9.17) is 4.74 Å². The fraction of sp³-hybridized carbons (Fsp3) is 0.333. The van der Waals surface area contributed by atoms with Crippen LogP contribution in [0.4, 0.5) is 5.69 Å². The summed E-state index contributed by atoms with van der Waals surface area (Å²) in [6, 6.07) is 12.4. The number of piperidine rings is 1. The van der Waals surface area contributed by atoms with Crippen LogP contribution in [0.25, 0.3) is 0 Å². The molecule has 0 aliphatic carbocycles. The third-order valence-electron chi connectivity index (χ3n) is 4.87. The molecule has 1 fully saturated rings. The maximum Gasteiger partial charge on any atom is 0.255 e. The number of ether oxygens (including phenoxy) is 1. The van der Waals surface area contributed by atoms with E-state index in [-0.39, 0.29) is 11.8 Å². The molecule has 2 aromatic rings. The molecule has 1 heterocycles. The van der Waals surface area contributed by atoms with Gasteiger partial charge in [0.15, 0.2) is 0 Å². The van der Waals surface area contributed by atoms with Crippen LogP contribution in [0.5, 0.6) is 5.75 Å². The lowest BCUT2D eigenvalue weighted by Crippen LogP contribution is -2.37. The minimum absolute atomic E-state index is 0.0597. The molecule has 27 heavy (non-hydrogen) atoms. The normalized spacial score (nSPS) is 14.7. The first kappa shape index (κ1) is 19.7. The molecule has 1 N–H and O–H groups in total. The number of benzene rings is 2. The highest BCUT2D eigenvalue weighted by Gasteiger charge is 2.21. The van der Waals surface area contributed by atoms with Gasteiger partial charge in [0.1, 0.15) is 5.75 Å². The Hall–Kier alpha value is -2.09. The van der Waals surface area contributed by atoms with Crippen molar-refractivity contribution in [2.24, 2.45) is 5.92 Å². The standard InChI is InChI=1S/C21H23IN2O3/c1-14-9-11-24(12-10-14)21(26)15-3-6-17(7-4-15)23-20(25)16-5-8-19(27-2)18(22)13-16/h3-8,13-14H,9-12H2,1-2H3,(H,23,25). The maximum absolute atomic E-state index is 12.6. The van der Waals surface area contributed by atoms with Gasteiger partial charge in [-0.3, -0.25) is 9.59 Å². The van der Waals surface area contributed by atoms with Crippen molar-refractivity contribution in [3.63, 3.8) is 0 Å². The quantitative estimate of drug-likeness (QED) is 0.662. The molecule has 6 heteroatoms. The molecule has 2 amide bonds. The van der Waals surface area contributed by atoms with Gasteiger partial charge in [0.25, 0.3) is 11.8 Å². The zero-order chi connectivity index (χ0) is 19.4. The van der Waals surface area contributed by atoms with Gasteiger partial charge in [0.05, 0.1) is 10.7 Å². The maximum atomic E-state index is 12.6. The zero-order valence-corrected chi connectivity index (χ0v) is 17.7. The summed E-state index contributed by atoms with van der Waals surface area (Å²) >= 11 is 2.14. The lowest BCUT2D eigenvalue weighted by Gasteiger charge is -2.30. The van der Waals surface area contributed by atoms with E-state index in [0.29, 0.717) is 22.7 Å². The summed E-state index contributed by atoms with van der Waals surface area (Å²) in [6.45, 7) is 3.85. The molecule has 0 atom stereocenters. The van der Waals surface area contributed by atoms with E-state index >= 15 is 0 Å². The van der Waals surface area contributed by atoms with E-state index < -0.39 is 0 Å². The Bertz CT molecular complexity index is 828. The highest BCUT2D eigenvalue weighted by Crippen LogP contribution is 2.23. The minimum atomic E-state index is -0.195. The highest BCUT2D eigenvalue weighted by molar-refractivity contribution is 14.1. The Kier molecular flexibility index (Phi) is 6.36. The summed E-state index contributed by atoms with van der Waals surface area (Å²) in [6.07, 6.45) is 2.11. The Balaban J connectivity index is 1.64. The fourth-order valence-electron chi connectivity index (χ4n) is 3.10. The lowest BCUT2D eigenvalue weighted by atomic mass is 9.98. The third-order valence-corrected chi connectivity index (χ3v) is 5.72. The van der Waals surface area contributed by atoms with E-state index in [0.717, 1.165) is 35.3 Å². The first-order valence-corrected chi connectivity index (χ1v) is 10.1. The van der Waals surface area contributed by atoms with Crippen LogP contribution in [0.3, 0.4) is 0 Å². The van der Waals surface area contributed by atoms with Gasteiger partial charge in [-0.2, -0.15) is 0 Å². The molecule has 142 valence electrons. The summed E-state index contributed by atoms with van der Waals surface area (Å²) in [5.74, 6) is 1.29. The Morgan fingerprint density at radius 2 is 1.70 bits per heavy atom. The third kappa shape index (κ3) is 4.80. The Labute approximate surface area is 173 Å². The second kappa shape index (κ2) is 8.73. The molecule has 0 spiro atoms. The van der Waals surface area contributed by atoms with Gasteiger partial charge in [-0.1, -0.05) is 6.92 Å². The predicted molar refractivity (Wildman–Crippen MR) is 114 cm³/mol. The van der Waals surface area contributed by atoms with Crippen molar-refractivity contribution in [1.82, 2.24) is 4.90 Å². The van der Waals surface area contributed by atoms with Gasteiger partial charge in [0.2, 0.25) is 0 Å². The topological polar surface area (TPSA) is 58.6 Å². The zero-order valence-electron chi connectivity index (χ0n) is 15.5. The molecule has 3 rings (SSSR count). The number of carbonyl (C=O) groups excluding carboxylic acids is 2. The Morgan fingerprint density at radius 1 is 1.07 bits per heavy atom. The number of halogens is 1. The van der Waals surface area contributed by atoms with Crippen LogP contribution in [0, 0.1) is 9.49 Å². The van der Waals surface area contributed by atoms with E-state index in [1.807, 2.05) is 4.90 Å². The largest absolute Gasteiger partial charge is 0.496 e. The van der Waals surface area contributed by atoms with Crippen molar-refractivity contribution >= 4 is 40.1 Å². The second-order valence-electron chi connectivity index (χ2n) is 6.86. The average molecular weight is 478 g/mol. The number of hydrogen-bond donors (Lipinski definition) is 1. The van der Waals surface area contributed by atoms with E-state index in [2.05, 4.69) is 34.8 Å². The molecule has 1 saturated heterocycles. The van der Waals surface area contributed by atoms with Crippen molar-refractivity contribution in [1.29, 1.82) is 0 Å². The number of anilines is 1. The summed E-state index contributed by atoms with van der Waals surface area (Å²) in [4.78, 5) is 26.9. The lowest BCUT2D eigenvalue weighted by molar-refractivity contribution is 0.0697. The smallest absolute Gasteiger partial charge is 0.255 e.